The van der Waals surface area contributed by atoms with Gasteiger partial charge >= 0.3 is 0 Å². The van der Waals surface area contributed by atoms with E-state index in [1.54, 1.807) is 6.33 Å². The predicted molar refractivity (Wildman–Crippen MR) is 77.6 cm³/mol. The van der Waals surface area contributed by atoms with E-state index in [1.807, 2.05) is 18.5 Å². The molecule has 0 saturated carbocycles. The monoisotopic (exact) mass is 272 g/mol. The lowest BCUT2D eigenvalue weighted by Crippen LogP contribution is -2.47. The number of aryl methyl sites for hydroxylation is 1. The van der Waals surface area contributed by atoms with E-state index in [0.29, 0.717) is 0 Å². The van der Waals surface area contributed by atoms with E-state index in [0.717, 1.165) is 45.1 Å². The molecule has 0 unspecified atom stereocenters. The number of hydrogen-bond donors (Lipinski definition) is 1. The Bertz CT molecular complexity index is 490. The summed E-state index contributed by atoms with van der Waals surface area (Å²) < 4.78 is 0. The van der Waals surface area contributed by atoms with Gasteiger partial charge < -0.3 is 4.90 Å². The van der Waals surface area contributed by atoms with Crippen LogP contribution in [0.1, 0.15) is 12.0 Å². The van der Waals surface area contributed by atoms with Gasteiger partial charge in [0.2, 0.25) is 5.95 Å². The van der Waals surface area contributed by atoms with Crippen LogP contribution in [0.25, 0.3) is 0 Å². The molecule has 0 radical (unpaired) electrons. The molecule has 3 rings (SSSR count). The summed E-state index contributed by atoms with van der Waals surface area (Å²) >= 11 is 0. The average Bonchev–Trinajstić information content (AvgIpc) is 3.03. The Labute approximate surface area is 118 Å². The Morgan fingerprint density at radius 2 is 2.10 bits per heavy atom. The first-order chi connectivity index (χ1) is 9.92. The summed E-state index contributed by atoms with van der Waals surface area (Å²) in [5.74, 6) is 0.889. The fraction of sp³-hybridized carbons (Fsp3) is 0.500. The second-order valence-corrected chi connectivity index (χ2v) is 5.10. The third-order valence-corrected chi connectivity index (χ3v) is 3.74. The summed E-state index contributed by atoms with van der Waals surface area (Å²) in [4.78, 5) is 13.1. The standard InChI is InChI=1S/C14H20N6/c1-3-13(11-15-5-1)4-2-6-19-7-9-20(10-8-19)14-16-12-17-18-14/h1,3,5,11-12H,2,4,6-10H2,(H,16,17,18). The number of aromatic nitrogens is 4. The molecule has 1 N–H and O–H groups in total. The van der Waals surface area contributed by atoms with Crippen LogP contribution in [-0.2, 0) is 6.42 Å². The van der Waals surface area contributed by atoms with Crippen LogP contribution < -0.4 is 4.90 Å². The van der Waals surface area contributed by atoms with Crippen molar-refractivity contribution < 1.29 is 0 Å². The molecule has 1 aliphatic heterocycles. The van der Waals surface area contributed by atoms with Crippen LogP contribution in [0.15, 0.2) is 30.9 Å². The van der Waals surface area contributed by atoms with Crippen molar-refractivity contribution in [3.05, 3.63) is 36.4 Å². The Balaban J connectivity index is 1.39. The molecule has 3 heterocycles. The number of rotatable bonds is 5. The first-order valence-corrected chi connectivity index (χ1v) is 7.13. The van der Waals surface area contributed by atoms with E-state index in [9.17, 15) is 0 Å². The average molecular weight is 272 g/mol. The fourth-order valence-corrected chi connectivity index (χ4v) is 2.59. The van der Waals surface area contributed by atoms with Crippen molar-refractivity contribution >= 4 is 5.95 Å². The minimum absolute atomic E-state index is 0.889. The van der Waals surface area contributed by atoms with Gasteiger partial charge in [0.1, 0.15) is 6.33 Å². The van der Waals surface area contributed by atoms with E-state index in [2.05, 4.69) is 36.0 Å². The molecule has 1 aliphatic rings. The van der Waals surface area contributed by atoms with E-state index < -0.39 is 0 Å². The number of aromatic amines is 1. The van der Waals surface area contributed by atoms with Gasteiger partial charge in [-0.2, -0.15) is 10.1 Å². The molecule has 2 aromatic rings. The molecule has 0 spiro atoms. The van der Waals surface area contributed by atoms with E-state index in [4.69, 9.17) is 0 Å². The van der Waals surface area contributed by atoms with Gasteiger partial charge in [-0.25, -0.2) is 5.10 Å². The highest BCUT2D eigenvalue weighted by molar-refractivity contribution is 5.27. The maximum absolute atomic E-state index is 4.20. The van der Waals surface area contributed by atoms with Gasteiger partial charge in [-0.1, -0.05) is 6.07 Å². The van der Waals surface area contributed by atoms with Crippen LogP contribution in [0, 0.1) is 0 Å². The van der Waals surface area contributed by atoms with Crippen LogP contribution >= 0.6 is 0 Å². The SMILES string of the molecule is c1cncc(CCCN2CCN(c3ncn[nH]3)CC2)c1. The summed E-state index contributed by atoms with van der Waals surface area (Å²) in [6, 6.07) is 4.15. The highest BCUT2D eigenvalue weighted by Crippen LogP contribution is 2.10. The number of pyridine rings is 1. The smallest absolute Gasteiger partial charge is 0.221 e. The molecule has 20 heavy (non-hydrogen) atoms. The van der Waals surface area contributed by atoms with E-state index in [1.165, 1.54) is 12.0 Å². The third kappa shape index (κ3) is 3.33. The maximum atomic E-state index is 4.20. The summed E-state index contributed by atoms with van der Waals surface area (Å²) in [5.41, 5.74) is 1.33. The highest BCUT2D eigenvalue weighted by Gasteiger charge is 2.18. The first-order valence-electron chi connectivity index (χ1n) is 7.13. The molecule has 0 atom stereocenters. The molecular weight excluding hydrogens is 252 g/mol. The molecule has 6 heteroatoms. The van der Waals surface area contributed by atoms with Crippen molar-refractivity contribution in [1.82, 2.24) is 25.1 Å². The van der Waals surface area contributed by atoms with Gasteiger partial charge in [0, 0.05) is 38.6 Å². The van der Waals surface area contributed by atoms with Gasteiger partial charge in [0.05, 0.1) is 0 Å². The largest absolute Gasteiger partial charge is 0.339 e. The van der Waals surface area contributed by atoms with Crippen LogP contribution in [-0.4, -0.2) is 57.8 Å². The van der Waals surface area contributed by atoms with Crippen LogP contribution in [0.5, 0.6) is 0 Å². The zero-order valence-electron chi connectivity index (χ0n) is 11.6. The van der Waals surface area contributed by atoms with E-state index >= 15 is 0 Å². The number of hydrogen-bond acceptors (Lipinski definition) is 5. The number of nitrogens with zero attached hydrogens (tertiary/aromatic N) is 5. The molecule has 6 nitrogen and oxygen atoms in total. The van der Waals surface area contributed by atoms with Crippen molar-refractivity contribution in [3.8, 4) is 0 Å². The summed E-state index contributed by atoms with van der Waals surface area (Å²) in [6.45, 7) is 5.37. The molecule has 106 valence electrons. The second-order valence-electron chi connectivity index (χ2n) is 5.10. The second kappa shape index (κ2) is 6.47. The van der Waals surface area contributed by atoms with Crippen molar-refractivity contribution in [3.63, 3.8) is 0 Å². The Kier molecular flexibility index (Phi) is 4.22. The van der Waals surface area contributed by atoms with Gasteiger partial charge in [0.25, 0.3) is 0 Å². The fourth-order valence-electron chi connectivity index (χ4n) is 2.59. The molecular formula is C14H20N6. The van der Waals surface area contributed by atoms with Crippen LogP contribution in [0.4, 0.5) is 5.95 Å². The quantitative estimate of drug-likeness (QED) is 0.878. The Hall–Kier alpha value is -1.95. The number of piperazine rings is 1. The van der Waals surface area contributed by atoms with Crippen LogP contribution in [0.2, 0.25) is 0 Å². The van der Waals surface area contributed by atoms with Crippen LogP contribution in [0.3, 0.4) is 0 Å². The first kappa shape index (κ1) is 13.1. The minimum atomic E-state index is 0.889. The van der Waals surface area contributed by atoms with Crippen molar-refractivity contribution in [2.24, 2.45) is 0 Å². The molecule has 1 saturated heterocycles. The molecule has 0 aromatic carbocycles. The third-order valence-electron chi connectivity index (χ3n) is 3.74. The Morgan fingerprint density at radius 3 is 2.80 bits per heavy atom. The Morgan fingerprint density at radius 1 is 1.20 bits per heavy atom. The molecule has 0 aliphatic carbocycles. The van der Waals surface area contributed by atoms with Crippen molar-refractivity contribution in [2.75, 3.05) is 37.6 Å². The van der Waals surface area contributed by atoms with Crippen molar-refractivity contribution in [1.29, 1.82) is 0 Å². The van der Waals surface area contributed by atoms with Gasteiger partial charge in [-0.15, -0.1) is 0 Å². The predicted octanol–water partition coefficient (Wildman–Crippen LogP) is 0.954. The normalized spacial score (nSPS) is 16.5. The number of anilines is 1. The van der Waals surface area contributed by atoms with E-state index in [-0.39, 0.29) is 0 Å². The number of nitrogens with one attached hydrogen (secondary N) is 1. The number of H-pyrrole nitrogens is 1. The topological polar surface area (TPSA) is 60.9 Å². The molecule has 1 fully saturated rings. The van der Waals surface area contributed by atoms with Gasteiger partial charge in [-0.3, -0.25) is 9.88 Å². The summed E-state index contributed by atoms with van der Waals surface area (Å²) in [7, 11) is 0. The highest BCUT2D eigenvalue weighted by atomic mass is 15.4. The van der Waals surface area contributed by atoms with Gasteiger partial charge in [-0.05, 0) is 31.0 Å². The molecule has 2 aromatic heterocycles. The maximum Gasteiger partial charge on any atom is 0.221 e. The van der Waals surface area contributed by atoms with Gasteiger partial charge in [0.15, 0.2) is 0 Å². The lowest BCUT2D eigenvalue weighted by molar-refractivity contribution is 0.254. The minimum Gasteiger partial charge on any atom is -0.339 e. The lowest BCUT2D eigenvalue weighted by Gasteiger charge is -2.34. The zero-order chi connectivity index (χ0) is 13.6. The molecule has 0 amide bonds. The van der Waals surface area contributed by atoms with Crippen molar-refractivity contribution in [2.45, 2.75) is 12.8 Å². The summed E-state index contributed by atoms with van der Waals surface area (Å²) in [6.07, 6.45) is 7.65. The zero-order valence-corrected chi connectivity index (χ0v) is 11.6. The lowest BCUT2D eigenvalue weighted by atomic mass is 10.1. The summed E-state index contributed by atoms with van der Waals surface area (Å²) in [5, 5.41) is 6.83. The molecule has 0 bridgehead atoms.